The fourth-order valence-corrected chi connectivity index (χ4v) is 3.59. The third kappa shape index (κ3) is 6.67. The van der Waals surface area contributed by atoms with Crippen LogP contribution in [0.25, 0.3) is 12.2 Å². The molecule has 6 nitrogen and oxygen atoms in total. The summed E-state index contributed by atoms with van der Waals surface area (Å²) < 4.78 is 0. The molecule has 7 heteroatoms. The van der Waals surface area contributed by atoms with Crippen LogP contribution in [0.4, 0.5) is 5.69 Å². The van der Waals surface area contributed by atoms with Crippen molar-refractivity contribution in [3.63, 3.8) is 0 Å². The molecule has 1 N–H and O–H groups in total. The number of nitrogens with one attached hydrogen (secondary N) is 1. The van der Waals surface area contributed by atoms with Gasteiger partial charge >= 0.3 is 0 Å². The molecule has 1 aromatic carbocycles. The maximum absolute atomic E-state index is 12.3. The Morgan fingerprint density at radius 3 is 2.59 bits per heavy atom. The van der Waals surface area contributed by atoms with E-state index in [1.807, 2.05) is 17.8 Å². The summed E-state index contributed by atoms with van der Waals surface area (Å²) in [6, 6.07) is 6.28. The number of rotatable bonds is 10. The molecule has 0 unspecified atom stereocenters. The fourth-order valence-electron chi connectivity index (χ4n) is 2.62. The Balaban J connectivity index is 2.10. The number of aromatic nitrogens is 2. The first-order valence-electron chi connectivity index (χ1n) is 9.11. The number of aryl methyl sites for hydroxylation is 1. The second kappa shape index (κ2) is 10.7. The standard InChI is InChI=1S/C20H25N3O3S/c1-3-4-5-13-27-14-12-18-19(21-15(2)22-20(18)24)11-8-16-6-9-17(10-7-16)23(25)26/h6-11H,3-5,12-14H2,1-2H3,(H,21,22,24)/b11-8+. The van der Waals surface area contributed by atoms with Crippen molar-refractivity contribution in [1.82, 2.24) is 9.97 Å². The lowest BCUT2D eigenvalue weighted by molar-refractivity contribution is -0.384. The van der Waals surface area contributed by atoms with E-state index in [4.69, 9.17) is 0 Å². The Bertz CT molecular complexity index is 845. The quantitative estimate of drug-likeness (QED) is 0.365. The first-order chi connectivity index (χ1) is 13.0. The molecule has 0 saturated carbocycles. The minimum atomic E-state index is -0.425. The van der Waals surface area contributed by atoms with Gasteiger partial charge < -0.3 is 4.98 Å². The third-order valence-corrected chi connectivity index (χ3v) is 5.16. The molecule has 144 valence electrons. The minimum Gasteiger partial charge on any atom is -0.311 e. The SMILES string of the molecule is CCCCCSCCc1c(/C=C/c2ccc([N+](=O)[O-])cc2)nc(C)[nH]c1=O. The first-order valence-corrected chi connectivity index (χ1v) is 10.3. The van der Waals surface area contributed by atoms with Gasteiger partial charge in [-0.1, -0.05) is 25.8 Å². The average Bonchev–Trinajstić information content (AvgIpc) is 2.64. The van der Waals surface area contributed by atoms with Crippen LogP contribution >= 0.6 is 11.8 Å². The zero-order chi connectivity index (χ0) is 19.6. The van der Waals surface area contributed by atoms with Gasteiger partial charge in [0.15, 0.2) is 0 Å². The molecule has 2 aromatic rings. The average molecular weight is 388 g/mol. The summed E-state index contributed by atoms with van der Waals surface area (Å²) in [5.41, 5.74) is 2.11. The van der Waals surface area contributed by atoms with E-state index in [2.05, 4.69) is 16.9 Å². The second-order valence-electron chi connectivity index (χ2n) is 6.27. The minimum absolute atomic E-state index is 0.0538. The maximum atomic E-state index is 12.3. The molecule has 2 rings (SSSR count). The molecular weight excluding hydrogens is 362 g/mol. The summed E-state index contributed by atoms with van der Waals surface area (Å²) in [6.07, 6.45) is 7.95. The highest BCUT2D eigenvalue weighted by Gasteiger charge is 2.08. The second-order valence-corrected chi connectivity index (χ2v) is 7.49. The van der Waals surface area contributed by atoms with E-state index in [-0.39, 0.29) is 11.2 Å². The number of nitro groups is 1. The van der Waals surface area contributed by atoms with Gasteiger partial charge in [-0.2, -0.15) is 11.8 Å². The predicted octanol–water partition coefficient (Wildman–Crippen LogP) is 4.62. The Kier molecular flexibility index (Phi) is 8.26. The Morgan fingerprint density at radius 2 is 1.93 bits per heavy atom. The molecule has 0 spiro atoms. The summed E-state index contributed by atoms with van der Waals surface area (Å²) in [5, 5.41) is 10.7. The summed E-state index contributed by atoms with van der Waals surface area (Å²) in [5.74, 6) is 2.57. The molecule has 27 heavy (non-hydrogen) atoms. The maximum Gasteiger partial charge on any atom is 0.269 e. The van der Waals surface area contributed by atoms with Gasteiger partial charge in [-0.25, -0.2) is 4.98 Å². The van der Waals surface area contributed by atoms with E-state index in [9.17, 15) is 14.9 Å². The van der Waals surface area contributed by atoms with E-state index in [1.165, 1.54) is 31.4 Å². The van der Waals surface area contributed by atoms with Gasteiger partial charge in [0.25, 0.3) is 11.2 Å². The van der Waals surface area contributed by atoms with Crippen LogP contribution in [0.2, 0.25) is 0 Å². The molecule has 0 aliphatic carbocycles. The number of H-pyrrole nitrogens is 1. The molecule has 0 aliphatic rings. The van der Waals surface area contributed by atoms with Gasteiger partial charge in [0.05, 0.1) is 10.6 Å². The van der Waals surface area contributed by atoms with Crippen LogP contribution in [0.3, 0.4) is 0 Å². The van der Waals surface area contributed by atoms with E-state index in [0.29, 0.717) is 23.5 Å². The Hall–Kier alpha value is -2.41. The normalized spacial score (nSPS) is 11.2. The Morgan fingerprint density at radius 1 is 1.19 bits per heavy atom. The van der Waals surface area contributed by atoms with Gasteiger partial charge in [-0.05, 0) is 55.0 Å². The number of benzene rings is 1. The fraction of sp³-hybridized carbons (Fsp3) is 0.400. The number of aromatic amines is 1. The van der Waals surface area contributed by atoms with E-state index < -0.39 is 4.92 Å². The van der Waals surface area contributed by atoms with Crippen molar-refractivity contribution in [2.75, 3.05) is 11.5 Å². The van der Waals surface area contributed by atoms with Crippen molar-refractivity contribution in [1.29, 1.82) is 0 Å². The van der Waals surface area contributed by atoms with Crippen molar-refractivity contribution in [3.8, 4) is 0 Å². The monoisotopic (exact) mass is 387 g/mol. The number of hydrogen-bond donors (Lipinski definition) is 1. The van der Waals surface area contributed by atoms with Gasteiger partial charge in [0.1, 0.15) is 5.82 Å². The summed E-state index contributed by atoms with van der Waals surface area (Å²) in [4.78, 5) is 29.9. The summed E-state index contributed by atoms with van der Waals surface area (Å²) in [7, 11) is 0. The summed E-state index contributed by atoms with van der Waals surface area (Å²) >= 11 is 1.86. The highest BCUT2D eigenvalue weighted by Crippen LogP contribution is 2.16. The summed E-state index contributed by atoms with van der Waals surface area (Å²) in [6.45, 7) is 3.94. The molecule has 0 bridgehead atoms. The number of hydrogen-bond acceptors (Lipinski definition) is 5. The number of nitro benzene ring substituents is 1. The molecule has 0 amide bonds. The van der Waals surface area contributed by atoms with Crippen LogP contribution in [0.1, 0.15) is 48.8 Å². The molecule has 1 aromatic heterocycles. The van der Waals surface area contributed by atoms with Crippen molar-refractivity contribution in [2.24, 2.45) is 0 Å². The molecule has 0 fully saturated rings. The predicted molar refractivity (Wildman–Crippen MR) is 112 cm³/mol. The highest BCUT2D eigenvalue weighted by molar-refractivity contribution is 7.99. The lowest BCUT2D eigenvalue weighted by atomic mass is 10.1. The smallest absolute Gasteiger partial charge is 0.269 e. The van der Waals surface area contributed by atoms with Crippen molar-refractivity contribution in [2.45, 2.75) is 39.5 Å². The van der Waals surface area contributed by atoms with Crippen molar-refractivity contribution in [3.05, 3.63) is 67.4 Å². The van der Waals surface area contributed by atoms with Crippen LogP contribution < -0.4 is 5.56 Å². The Labute approximate surface area is 163 Å². The van der Waals surface area contributed by atoms with Crippen LogP contribution in [0.5, 0.6) is 0 Å². The van der Waals surface area contributed by atoms with Crippen molar-refractivity contribution >= 4 is 29.6 Å². The molecule has 0 radical (unpaired) electrons. The first kappa shape index (κ1) is 20.9. The topological polar surface area (TPSA) is 88.9 Å². The van der Waals surface area contributed by atoms with E-state index in [0.717, 1.165) is 17.1 Å². The number of non-ortho nitro benzene ring substituents is 1. The molecule has 0 saturated heterocycles. The number of thioether (sulfide) groups is 1. The van der Waals surface area contributed by atoms with Gasteiger partial charge in [0, 0.05) is 17.7 Å². The lowest BCUT2D eigenvalue weighted by Crippen LogP contribution is -2.18. The largest absolute Gasteiger partial charge is 0.311 e. The van der Waals surface area contributed by atoms with Gasteiger partial charge in [-0.15, -0.1) is 0 Å². The lowest BCUT2D eigenvalue weighted by Gasteiger charge is -2.06. The number of unbranched alkanes of at least 4 members (excludes halogenated alkanes) is 2. The van der Waals surface area contributed by atoms with E-state index >= 15 is 0 Å². The van der Waals surface area contributed by atoms with Crippen LogP contribution in [0, 0.1) is 17.0 Å². The highest BCUT2D eigenvalue weighted by atomic mass is 32.2. The van der Waals surface area contributed by atoms with Crippen LogP contribution in [0.15, 0.2) is 29.1 Å². The third-order valence-electron chi connectivity index (χ3n) is 4.09. The molecule has 0 atom stereocenters. The molecule has 0 aliphatic heterocycles. The van der Waals surface area contributed by atoms with Gasteiger partial charge in [0.2, 0.25) is 0 Å². The van der Waals surface area contributed by atoms with Crippen molar-refractivity contribution < 1.29 is 4.92 Å². The van der Waals surface area contributed by atoms with Crippen LogP contribution in [-0.4, -0.2) is 26.4 Å². The number of nitrogens with zero attached hydrogens (tertiary/aromatic N) is 2. The van der Waals surface area contributed by atoms with Gasteiger partial charge in [-0.3, -0.25) is 14.9 Å². The molecular formula is C20H25N3O3S. The molecule has 1 heterocycles. The van der Waals surface area contributed by atoms with E-state index in [1.54, 1.807) is 25.1 Å². The zero-order valence-corrected chi connectivity index (χ0v) is 16.6. The van der Waals surface area contributed by atoms with Crippen LogP contribution in [-0.2, 0) is 6.42 Å². The zero-order valence-electron chi connectivity index (χ0n) is 15.7.